The fraction of sp³-hybridized carbons (Fsp3) is 0.538. The van der Waals surface area contributed by atoms with Gasteiger partial charge in [0.1, 0.15) is 0 Å². The number of anilines is 1. The first-order valence-electron chi connectivity index (χ1n) is 6.05. The minimum atomic E-state index is -0.192. The van der Waals surface area contributed by atoms with Crippen LogP contribution < -0.4 is 10.6 Å². The Kier molecular flexibility index (Phi) is 4.05. The average molecular weight is 301 g/mol. The predicted molar refractivity (Wildman–Crippen MR) is 72.7 cm³/mol. The highest BCUT2D eigenvalue weighted by Crippen LogP contribution is 2.33. The molecule has 1 aromatic rings. The lowest BCUT2D eigenvalue weighted by Crippen LogP contribution is -2.29. The zero-order valence-electron chi connectivity index (χ0n) is 10.0. The Balaban J connectivity index is 2.29. The van der Waals surface area contributed by atoms with Crippen molar-refractivity contribution in [3.63, 3.8) is 0 Å². The van der Waals surface area contributed by atoms with Gasteiger partial charge in [0.25, 0.3) is 0 Å². The van der Waals surface area contributed by atoms with Crippen LogP contribution in [-0.4, -0.2) is 13.1 Å². The summed E-state index contributed by atoms with van der Waals surface area (Å²) in [4.78, 5) is 2.06. The summed E-state index contributed by atoms with van der Waals surface area (Å²) in [7, 11) is 1.98. The lowest BCUT2D eigenvalue weighted by molar-refractivity contribution is 0.589. The van der Waals surface area contributed by atoms with Crippen LogP contribution in [0.5, 0.6) is 0 Å². The summed E-state index contributed by atoms with van der Waals surface area (Å²) in [6.07, 6.45) is 4.82. The molecule has 0 spiro atoms. The predicted octanol–water partition coefficient (Wildman–Crippen LogP) is 3.43. The van der Waals surface area contributed by atoms with Crippen LogP contribution in [-0.2, 0) is 6.54 Å². The number of nitrogens with zero attached hydrogens (tertiary/aromatic N) is 1. The van der Waals surface area contributed by atoms with Gasteiger partial charge in [-0.05, 0) is 40.4 Å². The molecular weight excluding hydrogens is 283 g/mol. The fourth-order valence-electron chi connectivity index (χ4n) is 2.50. The molecule has 94 valence electrons. The highest BCUT2D eigenvalue weighted by Gasteiger charge is 2.23. The Hall–Kier alpha value is -0.610. The van der Waals surface area contributed by atoms with Crippen molar-refractivity contribution in [2.75, 3.05) is 11.9 Å². The zero-order chi connectivity index (χ0) is 12.4. The summed E-state index contributed by atoms with van der Waals surface area (Å²) in [5.41, 5.74) is 7.04. The molecule has 1 aromatic carbocycles. The molecule has 0 aliphatic heterocycles. The molecule has 0 bridgehead atoms. The maximum absolute atomic E-state index is 14.2. The normalized spacial score (nSPS) is 16.5. The molecule has 1 saturated carbocycles. The van der Waals surface area contributed by atoms with Gasteiger partial charge >= 0.3 is 0 Å². The van der Waals surface area contributed by atoms with E-state index in [1.807, 2.05) is 19.2 Å². The van der Waals surface area contributed by atoms with E-state index in [1.165, 1.54) is 12.8 Å². The summed E-state index contributed by atoms with van der Waals surface area (Å²) >= 11 is 3.29. The first-order chi connectivity index (χ1) is 8.15. The molecule has 2 N–H and O–H groups in total. The average Bonchev–Trinajstić information content (AvgIpc) is 2.85. The van der Waals surface area contributed by atoms with E-state index < -0.39 is 0 Å². The van der Waals surface area contributed by atoms with Crippen LogP contribution in [0.4, 0.5) is 10.1 Å². The van der Waals surface area contributed by atoms with Crippen LogP contribution in [0, 0.1) is 5.82 Å². The molecule has 2 nitrogen and oxygen atoms in total. The number of nitrogens with two attached hydrogens (primary N) is 1. The lowest BCUT2D eigenvalue weighted by Gasteiger charge is -2.27. The zero-order valence-corrected chi connectivity index (χ0v) is 11.6. The van der Waals surface area contributed by atoms with Crippen LogP contribution in [0.3, 0.4) is 0 Å². The third-order valence-corrected chi connectivity index (χ3v) is 4.47. The van der Waals surface area contributed by atoms with Gasteiger partial charge in [0.2, 0.25) is 0 Å². The van der Waals surface area contributed by atoms with Crippen LogP contribution in [0.15, 0.2) is 16.6 Å². The number of halogens is 2. The number of benzene rings is 1. The summed E-state index contributed by atoms with van der Waals surface area (Å²) in [5.74, 6) is -0.192. The van der Waals surface area contributed by atoms with E-state index in [0.29, 0.717) is 22.7 Å². The van der Waals surface area contributed by atoms with Crippen molar-refractivity contribution < 1.29 is 4.39 Å². The second kappa shape index (κ2) is 5.36. The Morgan fingerprint density at radius 1 is 1.41 bits per heavy atom. The van der Waals surface area contributed by atoms with Crippen molar-refractivity contribution in [3.8, 4) is 0 Å². The number of hydrogen-bond acceptors (Lipinski definition) is 2. The van der Waals surface area contributed by atoms with Gasteiger partial charge in [-0.2, -0.15) is 0 Å². The topological polar surface area (TPSA) is 29.3 Å². The van der Waals surface area contributed by atoms with E-state index in [-0.39, 0.29) is 5.82 Å². The highest BCUT2D eigenvalue weighted by atomic mass is 79.9. The van der Waals surface area contributed by atoms with Crippen LogP contribution in [0.2, 0.25) is 0 Å². The molecule has 2 rings (SSSR count). The van der Waals surface area contributed by atoms with Gasteiger partial charge < -0.3 is 10.6 Å². The molecule has 1 aliphatic rings. The molecule has 0 atom stereocenters. The van der Waals surface area contributed by atoms with Gasteiger partial charge in [-0.25, -0.2) is 4.39 Å². The first-order valence-corrected chi connectivity index (χ1v) is 6.84. The highest BCUT2D eigenvalue weighted by molar-refractivity contribution is 9.10. The maximum atomic E-state index is 14.2. The van der Waals surface area contributed by atoms with Gasteiger partial charge in [-0.15, -0.1) is 0 Å². The van der Waals surface area contributed by atoms with Crippen molar-refractivity contribution in [1.29, 1.82) is 0 Å². The monoisotopic (exact) mass is 300 g/mol. The smallest absolute Gasteiger partial charge is 0.160 e. The molecule has 0 saturated heterocycles. The molecular formula is C13H18BrFN2. The largest absolute Gasteiger partial charge is 0.369 e. The van der Waals surface area contributed by atoms with Crippen molar-refractivity contribution in [2.24, 2.45) is 5.73 Å². The SMILES string of the molecule is CN(c1ccc(CN)c(Br)c1F)C1CCCC1. The second-order valence-electron chi connectivity index (χ2n) is 4.63. The van der Waals surface area contributed by atoms with Crippen molar-refractivity contribution >= 4 is 21.6 Å². The van der Waals surface area contributed by atoms with Gasteiger partial charge in [-0.3, -0.25) is 0 Å². The molecule has 0 heterocycles. The van der Waals surface area contributed by atoms with Crippen molar-refractivity contribution in [2.45, 2.75) is 38.3 Å². The van der Waals surface area contributed by atoms with E-state index in [9.17, 15) is 4.39 Å². The van der Waals surface area contributed by atoms with E-state index in [2.05, 4.69) is 20.8 Å². The molecule has 0 aromatic heterocycles. The van der Waals surface area contributed by atoms with E-state index in [4.69, 9.17) is 5.73 Å². The van der Waals surface area contributed by atoms with Gasteiger partial charge in [0, 0.05) is 19.6 Å². The van der Waals surface area contributed by atoms with E-state index in [1.54, 1.807) is 0 Å². The molecule has 4 heteroatoms. The Morgan fingerprint density at radius 3 is 2.65 bits per heavy atom. The summed E-state index contributed by atoms with van der Waals surface area (Å²) in [6.45, 7) is 0.352. The van der Waals surface area contributed by atoms with Crippen LogP contribution >= 0.6 is 15.9 Å². The molecule has 0 amide bonds. The van der Waals surface area contributed by atoms with Crippen LogP contribution in [0.1, 0.15) is 31.2 Å². The Labute approximate surface area is 110 Å². The van der Waals surface area contributed by atoms with E-state index in [0.717, 1.165) is 18.4 Å². The minimum Gasteiger partial charge on any atom is -0.369 e. The van der Waals surface area contributed by atoms with E-state index >= 15 is 0 Å². The molecule has 1 aliphatic carbocycles. The van der Waals surface area contributed by atoms with Gasteiger partial charge in [0.15, 0.2) is 5.82 Å². The summed E-state index contributed by atoms with van der Waals surface area (Å²) in [6, 6.07) is 4.20. The number of hydrogen-bond donors (Lipinski definition) is 1. The third kappa shape index (κ3) is 2.47. The van der Waals surface area contributed by atoms with Gasteiger partial charge in [-0.1, -0.05) is 18.9 Å². The summed E-state index contributed by atoms with van der Waals surface area (Å²) < 4.78 is 14.7. The third-order valence-electron chi connectivity index (χ3n) is 3.61. The standard InChI is InChI=1S/C13H18BrFN2/c1-17(10-4-2-3-5-10)11-7-6-9(8-16)12(14)13(11)15/h6-7,10H,2-5,8,16H2,1H3. The Morgan fingerprint density at radius 2 is 2.06 bits per heavy atom. The fourth-order valence-corrected chi connectivity index (χ4v) is 2.99. The molecule has 0 unspecified atom stereocenters. The lowest BCUT2D eigenvalue weighted by atomic mass is 10.1. The number of rotatable bonds is 3. The van der Waals surface area contributed by atoms with Gasteiger partial charge in [0.05, 0.1) is 10.2 Å². The minimum absolute atomic E-state index is 0.192. The molecule has 0 radical (unpaired) electrons. The second-order valence-corrected chi connectivity index (χ2v) is 5.42. The molecule has 1 fully saturated rings. The quantitative estimate of drug-likeness (QED) is 0.927. The molecule has 17 heavy (non-hydrogen) atoms. The first kappa shape index (κ1) is 12.8. The van der Waals surface area contributed by atoms with Crippen molar-refractivity contribution in [1.82, 2.24) is 0 Å². The van der Waals surface area contributed by atoms with Crippen molar-refractivity contribution in [3.05, 3.63) is 28.0 Å². The maximum Gasteiger partial charge on any atom is 0.160 e. The Bertz CT molecular complexity index is 403. The summed E-state index contributed by atoms with van der Waals surface area (Å²) in [5, 5.41) is 0. The van der Waals surface area contributed by atoms with Crippen LogP contribution in [0.25, 0.3) is 0 Å².